The van der Waals surface area contributed by atoms with E-state index < -0.39 is 0 Å². The molecule has 1 aliphatic rings. The Hall–Kier alpha value is -2.31. The van der Waals surface area contributed by atoms with Crippen LogP contribution in [0.4, 0.5) is 5.69 Å². The Balaban J connectivity index is 2.29. The summed E-state index contributed by atoms with van der Waals surface area (Å²) in [6.07, 6.45) is 10.4. The summed E-state index contributed by atoms with van der Waals surface area (Å²) in [5.74, 6) is 0.255. The summed E-state index contributed by atoms with van der Waals surface area (Å²) in [4.78, 5) is 12.3. The van der Waals surface area contributed by atoms with Crippen molar-refractivity contribution in [3.63, 3.8) is 0 Å². The van der Waals surface area contributed by atoms with Crippen LogP contribution in [0, 0.1) is 12.8 Å². The van der Waals surface area contributed by atoms with Crippen LogP contribution in [-0.4, -0.2) is 5.78 Å². The van der Waals surface area contributed by atoms with E-state index >= 15 is 0 Å². The van der Waals surface area contributed by atoms with Gasteiger partial charge in [-0.15, -0.1) is 5.73 Å². The predicted octanol–water partition coefficient (Wildman–Crippen LogP) is 5.27. The number of ketones is 1. The molecule has 1 atom stereocenters. The topological polar surface area (TPSA) is 43.1 Å². The smallest absolute Gasteiger partial charge is 0.141 e. The lowest BCUT2D eigenvalue weighted by Crippen LogP contribution is -2.13. The second-order valence-electron chi connectivity index (χ2n) is 6.77. The summed E-state index contributed by atoms with van der Waals surface area (Å²) in [5.41, 5.74) is 15.9. The Bertz CT molecular complexity index is 761. The lowest BCUT2D eigenvalue weighted by molar-refractivity contribution is -0.120. The number of nitrogens with two attached hydrogens (primary N) is 1. The Morgan fingerprint density at radius 2 is 2.08 bits per heavy atom. The minimum Gasteiger partial charge on any atom is -0.399 e. The van der Waals surface area contributed by atoms with Gasteiger partial charge in [0.2, 0.25) is 0 Å². The highest BCUT2D eigenvalue weighted by atomic mass is 16.1. The van der Waals surface area contributed by atoms with Gasteiger partial charge < -0.3 is 5.73 Å². The second kappa shape index (κ2) is 8.69. The third-order valence-corrected chi connectivity index (χ3v) is 5.12. The monoisotopic (exact) mass is 335 g/mol. The van der Waals surface area contributed by atoms with Crippen molar-refractivity contribution >= 4 is 11.5 Å². The van der Waals surface area contributed by atoms with Crippen LogP contribution >= 0.6 is 0 Å². The Morgan fingerprint density at radius 1 is 1.32 bits per heavy atom. The van der Waals surface area contributed by atoms with E-state index in [-0.39, 0.29) is 5.92 Å². The van der Waals surface area contributed by atoms with Crippen molar-refractivity contribution in [3.8, 4) is 0 Å². The van der Waals surface area contributed by atoms with Crippen molar-refractivity contribution in [3.05, 3.63) is 70.5 Å². The molecule has 2 heteroatoms. The van der Waals surface area contributed by atoms with Gasteiger partial charge in [0.15, 0.2) is 0 Å². The Kier molecular flexibility index (Phi) is 6.61. The van der Waals surface area contributed by atoms with Crippen molar-refractivity contribution < 1.29 is 4.79 Å². The van der Waals surface area contributed by atoms with E-state index in [0.29, 0.717) is 12.2 Å². The third kappa shape index (κ3) is 4.61. The lowest BCUT2D eigenvalue weighted by Gasteiger charge is -2.16. The summed E-state index contributed by atoms with van der Waals surface area (Å²) in [6, 6.07) is 4.24. The average Bonchev–Trinajstić information content (AvgIpc) is 2.95. The largest absolute Gasteiger partial charge is 0.399 e. The summed E-state index contributed by atoms with van der Waals surface area (Å²) in [7, 11) is 0. The molecule has 0 spiro atoms. The highest BCUT2D eigenvalue weighted by Gasteiger charge is 2.30. The highest BCUT2D eigenvalue weighted by Crippen LogP contribution is 2.32. The van der Waals surface area contributed by atoms with Gasteiger partial charge in [0.25, 0.3) is 0 Å². The molecule has 132 valence electrons. The standard InChI is InChI=1S/C23H29NO/c1-5-8-17(6-2)9-10-19-15-22(24)16(4)13-20(19)14-21-18(7-3)11-12-23(21)25/h5-6,8,13,15,21H,3,9-12,14,24H2,1-2,4H3/b8-5-,17-6+. The van der Waals surface area contributed by atoms with Crippen LogP contribution in [0.5, 0.6) is 0 Å². The molecule has 1 fully saturated rings. The number of nitrogen functional groups attached to an aromatic ring is 1. The van der Waals surface area contributed by atoms with Gasteiger partial charge in [-0.3, -0.25) is 4.79 Å². The van der Waals surface area contributed by atoms with Gasteiger partial charge in [0.1, 0.15) is 5.78 Å². The van der Waals surface area contributed by atoms with Crippen molar-refractivity contribution in [2.24, 2.45) is 5.92 Å². The molecule has 2 N–H and O–H groups in total. The maximum absolute atomic E-state index is 12.3. The van der Waals surface area contributed by atoms with Crippen LogP contribution in [0.2, 0.25) is 0 Å². The zero-order valence-electron chi connectivity index (χ0n) is 15.7. The average molecular weight is 335 g/mol. The molecule has 0 amide bonds. The van der Waals surface area contributed by atoms with Crippen LogP contribution in [0.3, 0.4) is 0 Å². The minimum absolute atomic E-state index is 0.0593. The van der Waals surface area contributed by atoms with Crippen LogP contribution < -0.4 is 5.73 Å². The summed E-state index contributed by atoms with van der Waals surface area (Å²) >= 11 is 0. The molecule has 1 unspecified atom stereocenters. The fourth-order valence-electron chi connectivity index (χ4n) is 3.54. The maximum atomic E-state index is 12.3. The van der Waals surface area contributed by atoms with Crippen LogP contribution in [0.25, 0.3) is 0 Å². The van der Waals surface area contributed by atoms with Crippen LogP contribution in [0.1, 0.15) is 49.8 Å². The number of hydrogen-bond acceptors (Lipinski definition) is 2. The number of aryl methyl sites for hydroxylation is 2. The van der Waals surface area contributed by atoms with Gasteiger partial charge in [0, 0.05) is 12.1 Å². The molecule has 0 heterocycles. The van der Waals surface area contributed by atoms with Crippen LogP contribution in [0.15, 0.2) is 53.8 Å². The molecule has 25 heavy (non-hydrogen) atoms. The molecule has 0 aromatic heterocycles. The summed E-state index contributed by atoms with van der Waals surface area (Å²) in [6.45, 7) is 9.90. The number of carbonyl (C=O) groups is 1. The first kappa shape index (κ1) is 19.0. The summed E-state index contributed by atoms with van der Waals surface area (Å²) < 4.78 is 0. The number of benzene rings is 1. The molecule has 0 aliphatic heterocycles. The predicted molar refractivity (Wildman–Crippen MR) is 107 cm³/mol. The zero-order chi connectivity index (χ0) is 18.4. The first-order valence-corrected chi connectivity index (χ1v) is 9.07. The van der Waals surface area contributed by atoms with Crippen molar-refractivity contribution in [1.82, 2.24) is 0 Å². The fourth-order valence-corrected chi connectivity index (χ4v) is 3.54. The van der Waals surface area contributed by atoms with Crippen molar-refractivity contribution in [1.29, 1.82) is 0 Å². The van der Waals surface area contributed by atoms with Gasteiger partial charge in [-0.1, -0.05) is 36.4 Å². The SMILES string of the molecule is C=C=C1CCC(=O)C1Cc1cc(C)c(N)cc1CCC(/C=C\C)=C/C. The van der Waals surface area contributed by atoms with Gasteiger partial charge >= 0.3 is 0 Å². The molecule has 0 bridgehead atoms. The maximum Gasteiger partial charge on any atom is 0.141 e. The molecule has 2 nitrogen and oxygen atoms in total. The van der Waals surface area contributed by atoms with Gasteiger partial charge in [0.05, 0.1) is 5.92 Å². The summed E-state index contributed by atoms with van der Waals surface area (Å²) in [5, 5.41) is 0. The molecule has 1 saturated carbocycles. The third-order valence-electron chi connectivity index (χ3n) is 5.12. The van der Waals surface area contributed by atoms with Crippen molar-refractivity contribution in [2.45, 2.75) is 52.9 Å². The number of carbonyl (C=O) groups excluding carboxylic acids is 1. The molecule has 0 saturated heterocycles. The van der Waals surface area contributed by atoms with Crippen LogP contribution in [-0.2, 0) is 17.6 Å². The molecule has 2 rings (SSSR count). The number of rotatable bonds is 6. The lowest BCUT2D eigenvalue weighted by atomic mass is 9.88. The first-order chi connectivity index (χ1) is 12.0. The van der Waals surface area contributed by atoms with E-state index in [9.17, 15) is 4.79 Å². The Morgan fingerprint density at radius 3 is 2.72 bits per heavy atom. The number of Topliss-reactive ketones (excluding diaryl/α,β-unsaturated/α-hetero) is 1. The normalized spacial score (nSPS) is 18.2. The number of anilines is 1. The number of allylic oxidation sites excluding steroid dienone is 5. The number of hydrogen-bond donors (Lipinski definition) is 1. The molecule has 1 aromatic rings. The van der Waals surface area contributed by atoms with Gasteiger partial charge in [-0.25, -0.2) is 0 Å². The van der Waals surface area contributed by atoms with E-state index in [1.165, 1.54) is 16.7 Å². The molecular weight excluding hydrogens is 306 g/mol. The Labute approximate surface area is 151 Å². The molecular formula is C23H29NO. The zero-order valence-corrected chi connectivity index (χ0v) is 15.7. The molecule has 1 aliphatic carbocycles. The van der Waals surface area contributed by atoms with E-state index in [2.05, 4.69) is 49.6 Å². The van der Waals surface area contributed by atoms with E-state index in [0.717, 1.165) is 42.5 Å². The minimum atomic E-state index is -0.0593. The van der Waals surface area contributed by atoms with E-state index in [4.69, 9.17) is 5.73 Å². The van der Waals surface area contributed by atoms with Gasteiger partial charge in [-0.05, 0) is 74.8 Å². The molecule has 1 aromatic carbocycles. The quantitative estimate of drug-likeness (QED) is 0.437. The van der Waals surface area contributed by atoms with Crippen molar-refractivity contribution in [2.75, 3.05) is 5.73 Å². The van der Waals surface area contributed by atoms with E-state index in [1.54, 1.807) is 0 Å². The molecule has 0 radical (unpaired) electrons. The fraction of sp³-hybridized carbons (Fsp3) is 0.391. The second-order valence-corrected chi connectivity index (χ2v) is 6.77. The van der Waals surface area contributed by atoms with E-state index in [1.807, 2.05) is 13.8 Å². The first-order valence-electron chi connectivity index (χ1n) is 9.07. The highest BCUT2D eigenvalue weighted by molar-refractivity contribution is 5.87. The van der Waals surface area contributed by atoms with Gasteiger partial charge in [-0.2, -0.15) is 0 Å².